The third-order valence-electron chi connectivity index (χ3n) is 8.50. The average molecular weight is 463 g/mol. The maximum absolute atomic E-state index is 13.3. The summed E-state index contributed by atoms with van der Waals surface area (Å²) in [5.74, 6) is 0.132. The van der Waals surface area contributed by atoms with Crippen molar-refractivity contribution in [2.75, 3.05) is 22.1 Å². The molecule has 3 fully saturated rings. The van der Waals surface area contributed by atoms with Crippen molar-refractivity contribution in [2.24, 2.45) is 11.3 Å². The van der Waals surface area contributed by atoms with Gasteiger partial charge >= 0.3 is 5.97 Å². The summed E-state index contributed by atoms with van der Waals surface area (Å²) in [6, 6.07) is 4.80. The zero-order valence-electron chi connectivity index (χ0n) is 19.6. The Bertz CT molecular complexity index is 1160. The van der Waals surface area contributed by atoms with Crippen molar-refractivity contribution in [3.63, 3.8) is 0 Å². The summed E-state index contributed by atoms with van der Waals surface area (Å²) in [6.07, 6.45) is 9.18. The van der Waals surface area contributed by atoms with E-state index in [0.717, 1.165) is 50.0 Å². The number of aliphatic carboxylic acids is 1. The summed E-state index contributed by atoms with van der Waals surface area (Å²) in [5, 5.41) is 9.32. The largest absolute Gasteiger partial charge is 0.481 e. The molecule has 0 aromatic carbocycles. The summed E-state index contributed by atoms with van der Waals surface area (Å²) < 4.78 is 0. The predicted molar refractivity (Wildman–Crippen MR) is 127 cm³/mol. The highest BCUT2D eigenvalue weighted by Gasteiger charge is 2.55. The number of amides is 1. The molecule has 2 saturated heterocycles. The van der Waals surface area contributed by atoms with Crippen molar-refractivity contribution < 1.29 is 14.7 Å². The Kier molecular flexibility index (Phi) is 4.47. The van der Waals surface area contributed by atoms with Gasteiger partial charge in [0.2, 0.25) is 0 Å². The number of fused-ring (bicyclic) bond motifs is 3. The van der Waals surface area contributed by atoms with E-state index in [-0.39, 0.29) is 28.5 Å². The lowest BCUT2D eigenvalue weighted by Crippen LogP contribution is -2.54. The van der Waals surface area contributed by atoms with Crippen molar-refractivity contribution in [1.29, 1.82) is 0 Å². The normalized spacial score (nSPS) is 31.4. The molecule has 3 aliphatic heterocycles. The zero-order chi connectivity index (χ0) is 23.8. The van der Waals surface area contributed by atoms with E-state index in [1.165, 1.54) is 6.33 Å². The molecule has 2 bridgehead atoms. The number of pyridine rings is 1. The lowest BCUT2D eigenvalue weighted by Gasteiger charge is -2.54. The predicted octanol–water partition coefficient (Wildman–Crippen LogP) is 3.00. The van der Waals surface area contributed by atoms with Gasteiger partial charge in [0, 0.05) is 24.0 Å². The number of nitrogens with zero attached hydrogens (tertiary/aromatic N) is 5. The van der Waals surface area contributed by atoms with Gasteiger partial charge in [-0.1, -0.05) is 13.8 Å². The first kappa shape index (κ1) is 21.3. The van der Waals surface area contributed by atoms with E-state index in [9.17, 15) is 14.7 Å². The van der Waals surface area contributed by atoms with Crippen LogP contribution in [0.1, 0.15) is 68.4 Å². The van der Waals surface area contributed by atoms with Gasteiger partial charge in [0.05, 0.1) is 23.5 Å². The van der Waals surface area contributed by atoms with Crippen molar-refractivity contribution >= 4 is 29.2 Å². The number of aromatic nitrogens is 3. The van der Waals surface area contributed by atoms with Gasteiger partial charge in [0.1, 0.15) is 23.5 Å². The fourth-order valence-corrected chi connectivity index (χ4v) is 7.01. The maximum Gasteiger partial charge on any atom is 0.306 e. The second-order valence-corrected chi connectivity index (χ2v) is 11.3. The molecular formula is C25H30N6O3. The molecule has 5 heterocycles. The molecule has 2 aromatic heterocycles. The van der Waals surface area contributed by atoms with Gasteiger partial charge in [-0.2, -0.15) is 0 Å². The van der Waals surface area contributed by atoms with E-state index in [4.69, 9.17) is 10.7 Å². The molecule has 1 aliphatic carbocycles. The summed E-state index contributed by atoms with van der Waals surface area (Å²) >= 11 is 0. The SMILES string of the molecule is CC1(C)CN(c2ccc(N3C4CCC3CC3(CC(C(=O)O)C3)C4)nc2)C(=O)c2c(N)ncnc21. The van der Waals surface area contributed by atoms with Crippen LogP contribution in [-0.2, 0) is 10.2 Å². The summed E-state index contributed by atoms with van der Waals surface area (Å²) in [5.41, 5.74) is 7.70. The molecule has 2 aromatic rings. The molecule has 1 amide bonds. The number of carbonyl (C=O) groups is 2. The van der Waals surface area contributed by atoms with Crippen molar-refractivity contribution in [2.45, 2.75) is 69.9 Å². The molecule has 9 nitrogen and oxygen atoms in total. The standard InChI is InChI=1S/C25H30N6O3/c1-24(2)12-30(22(32)19-20(24)28-13-29-21(19)26)17-5-6-18(27-11-17)31-15-3-4-16(31)10-25(9-15)7-14(8-25)23(33)34/h5-6,11,13-16H,3-4,7-10,12H2,1-2H3,(H,33,34)(H2,26,28,29). The van der Waals surface area contributed by atoms with Gasteiger partial charge in [-0.3, -0.25) is 9.59 Å². The highest BCUT2D eigenvalue weighted by atomic mass is 16.4. The zero-order valence-corrected chi connectivity index (χ0v) is 19.6. The highest BCUT2D eigenvalue weighted by molar-refractivity contribution is 6.11. The smallest absolute Gasteiger partial charge is 0.306 e. The minimum atomic E-state index is -0.649. The van der Waals surface area contributed by atoms with Crippen LogP contribution in [0.3, 0.4) is 0 Å². The van der Waals surface area contributed by atoms with Crippen LogP contribution < -0.4 is 15.5 Å². The molecule has 2 atom stereocenters. The molecule has 9 heteroatoms. The van der Waals surface area contributed by atoms with Gasteiger partial charge in [-0.25, -0.2) is 15.0 Å². The first-order valence-electron chi connectivity index (χ1n) is 12.1. The Morgan fingerprint density at radius 2 is 1.79 bits per heavy atom. The van der Waals surface area contributed by atoms with E-state index in [2.05, 4.69) is 28.7 Å². The van der Waals surface area contributed by atoms with E-state index >= 15 is 0 Å². The quantitative estimate of drug-likeness (QED) is 0.713. The minimum Gasteiger partial charge on any atom is -0.481 e. The van der Waals surface area contributed by atoms with Gasteiger partial charge in [-0.05, 0) is 56.1 Å². The fraction of sp³-hybridized carbons (Fsp3) is 0.560. The number of hydrogen-bond donors (Lipinski definition) is 2. The number of hydrogen-bond acceptors (Lipinski definition) is 7. The van der Waals surface area contributed by atoms with Crippen LogP contribution in [0.25, 0.3) is 0 Å². The van der Waals surface area contributed by atoms with Crippen molar-refractivity contribution in [3.8, 4) is 0 Å². The number of carboxylic acids is 1. The van der Waals surface area contributed by atoms with Gasteiger partial charge in [0.25, 0.3) is 5.91 Å². The topological polar surface area (TPSA) is 126 Å². The number of carbonyl (C=O) groups excluding carboxylic acids is 1. The molecule has 6 rings (SSSR count). The first-order chi connectivity index (χ1) is 16.2. The number of piperidine rings is 1. The van der Waals surface area contributed by atoms with Crippen LogP contribution in [0.4, 0.5) is 17.3 Å². The summed E-state index contributed by atoms with van der Waals surface area (Å²) in [4.78, 5) is 42.0. The van der Waals surface area contributed by atoms with E-state index in [1.54, 1.807) is 11.1 Å². The first-order valence-corrected chi connectivity index (χ1v) is 12.1. The van der Waals surface area contributed by atoms with Crippen LogP contribution >= 0.6 is 0 Å². The Morgan fingerprint density at radius 1 is 1.09 bits per heavy atom. The Labute approximate surface area is 198 Å². The second-order valence-electron chi connectivity index (χ2n) is 11.3. The summed E-state index contributed by atoms with van der Waals surface area (Å²) in [6.45, 7) is 4.59. The molecule has 1 saturated carbocycles. The number of nitrogens with two attached hydrogens (primary N) is 1. The lowest BCUT2D eigenvalue weighted by atomic mass is 9.56. The van der Waals surface area contributed by atoms with Gasteiger partial charge < -0.3 is 20.6 Å². The fourth-order valence-electron chi connectivity index (χ4n) is 7.01. The molecule has 0 radical (unpaired) electrons. The second kappa shape index (κ2) is 7.13. The third kappa shape index (κ3) is 3.09. The molecule has 178 valence electrons. The Balaban J connectivity index is 1.23. The average Bonchev–Trinajstić information content (AvgIpc) is 3.04. The van der Waals surface area contributed by atoms with Crippen molar-refractivity contribution in [1.82, 2.24) is 15.0 Å². The lowest BCUT2D eigenvalue weighted by molar-refractivity contribution is -0.151. The Morgan fingerprint density at radius 3 is 2.41 bits per heavy atom. The molecule has 1 spiro atoms. The molecule has 3 N–H and O–H groups in total. The van der Waals surface area contributed by atoms with E-state index in [0.29, 0.717) is 29.9 Å². The summed E-state index contributed by atoms with van der Waals surface area (Å²) in [7, 11) is 0. The number of carboxylic acid groups (broad SMARTS) is 1. The highest BCUT2D eigenvalue weighted by Crippen LogP contribution is 2.58. The number of nitrogen functional groups attached to an aromatic ring is 1. The van der Waals surface area contributed by atoms with Crippen LogP contribution in [-0.4, -0.2) is 50.6 Å². The van der Waals surface area contributed by atoms with Crippen LogP contribution in [0.15, 0.2) is 24.7 Å². The van der Waals surface area contributed by atoms with Gasteiger partial charge in [0.15, 0.2) is 0 Å². The number of rotatable bonds is 3. The maximum atomic E-state index is 13.3. The molecule has 34 heavy (non-hydrogen) atoms. The van der Waals surface area contributed by atoms with Gasteiger partial charge in [-0.15, -0.1) is 0 Å². The van der Waals surface area contributed by atoms with Crippen LogP contribution in [0, 0.1) is 11.3 Å². The van der Waals surface area contributed by atoms with Crippen LogP contribution in [0.2, 0.25) is 0 Å². The third-order valence-corrected chi connectivity index (χ3v) is 8.50. The van der Waals surface area contributed by atoms with E-state index < -0.39 is 5.97 Å². The minimum absolute atomic E-state index is 0.167. The van der Waals surface area contributed by atoms with E-state index in [1.807, 2.05) is 12.1 Å². The molecule has 4 aliphatic rings. The number of anilines is 3. The molecule has 2 unspecified atom stereocenters. The molecular weight excluding hydrogens is 432 g/mol. The Hall–Kier alpha value is -3.23. The monoisotopic (exact) mass is 462 g/mol. The van der Waals surface area contributed by atoms with Crippen LogP contribution in [0.5, 0.6) is 0 Å². The van der Waals surface area contributed by atoms with Crippen molar-refractivity contribution in [3.05, 3.63) is 35.9 Å².